The molecule has 29 heavy (non-hydrogen) atoms. The van der Waals surface area contributed by atoms with Crippen LogP contribution in [0.25, 0.3) is 0 Å². The van der Waals surface area contributed by atoms with Crippen molar-refractivity contribution in [3.8, 4) is 18.2 Å². The molecule has 0 heterocycles. The highest BCUT2D eigenvalue weighted by Crippen LogP contribution is 2.58. The first-order valence-corrected chi connectivity index (χ1v) is 9.49. The summed E-state index contributed by atoms with van der Waals surface area (Å²) in [5.41, 5.74) is 4.92. The van der Waals surface area contributed by atoms with Crippen LogP contribution < -0.4 is 5.73 Å². The Morgan fingerprint density at radius 3 is 2.31 bits per heavy atom. The van der Waals surface area contributed by atoms with Crippen LogP contribution in [0.2, 0.25) is 0 Å². The lowest BCUT2D eigenvalue weighted by Crippen LogP contribution is -2.44. The summed E-state index contributed by atoms with van der Waals surface area (Å²) in [5.74, 6) is -2.75. The van der Waals surface area contributed by atoms with Crippen LogP contribution in [-0.2, 0) is 0 Å². The van der Waals surface area contributed by atoms with Crippen molar-refractivity contribution in [2.45, 2.75) is 39.5 Å². The van der Waals surface area contributed by atoms with Gasteiger partial charge in [-0.3, -0.25) is 0 Å². The molecule has 2 aliphatic carbocycles. The average molecular weight is 392 g/mol. The summed E-state index contributed by atoms with van der Waals surface area (Å²) >= 11 is 0. The van der Waals surface area contributed by atoms with Crippen molar-refractivity contribution in [2.75, 3.05) is 0 Å². The zero-order valence-electron chi connectivity index (χ0n) is 16.6. The van der Waals surface area contributed by atoms with Crippen molar-refractivity contribution < 1.29 is 8.78 Å². The Morgan fingerprint density at radius 1 is 1.14 bits per heavy atom. The van der Waals surface area contributed by atoms with Crippen LogP contribution in [0.1, 0.15) is 45.1 Å². The number of fused-ring (bicyclic) bond motifs is 1. The van der Waals surface area contributed by atoms with Gasteiger partial charge in [-0.15, -0.1) is 0 Å². The fourth-order valence-electron chi connectivity index (χ4n) is 4.70. The van der Waals surface area contributed by atoms with Gasteiger partial charge in [0.25, 0.3) is 0 Å². The molecule has 0 aromatic heterocycles. The molecule has 0 radical (unpaired) electrons. The summed E-state index contributed by atoms with van der Waals surface area (Å²) in [7, 11) is 0. The van der Waals surface area contributed by atoms with Gasteiger partial charge in [-0.25, -0.2) is 8.78 Å². The summed E-state index contributed by atoms with van der Waals surface area (Å²) in [6.07, 6.45) is 3.22. The summed E-state index contributed by atoms with van der Waals surface area (Å²) < 4.78 is 28.4. The molecule has 0 aliphatic heterocycles. The summed E-state index contributed by atoms with van der Waals surface area (Å²) in [5, 5.41) is 29.7. The Morgan fingerprint density at radius 2 is 1.79 bits per heavy atom. The molecule has 0 saturated carbocycles. The van der Waals surface area contributed by atoms with E-state index in [0.29, 0.717) is 12.0 Å². The summed E-state index contributed by atoms with van der Waals surface area (Å²) in [6, 6.07) is 9.15. The number of nitrogens with two attached hydrogens (primary N) is 1. The largest absolute Gasteiger partial charge is 0.399 e. The highest BCUT2D eigenvalue weighted by Gasteiger charge is 2.55. The van der Waals surface area contributed by atoms with Crippen LogP contribution in [0.15, 0.2) is 41.1 Å². The predicted molar refractivity (Wildman–Crippen MR) is 103 cm³/mol. The maximum absolute atomic E-state index is 14.8. The molecule has 0 unspecified atom stereocenters. The second kappa shape index (κ2) is 7.02. The third-order valence-corrected chi connectivity index (χ3v) is 6.40. The first kappa shape index (κ1) is 20.6. The predicted octanol–water partition coefficient (Wildman–Crippen LogP) is 4.83. The van der Waals surface area contributed by atoms with Gasteiger partial charge in [-0.2, -0.15) is 15.8 Å². The average Bonchev–Trinajstić information content (AvgIpc) is 2.67. The van der Waals surface area contributed by atoms with Crippen molar-refractivity contribution in [2.24, 2.45) is 28.4 Å². The van der Waals surface area contributed by atoms with Crippen LogP contribution in [0.3, 0.4) is 0 Å². The number of nitrogens with zero attached hydrogens (tertiary/aromatic N) is 3. The molecule has 2 N–H and O–H groups in total. The molecule has 2 aliphatic rings. The van der Waals surface area contributed by atoms with Gasteiger partial charge in [0.1, 0.15) is 17.7 Å². The van der Waals surface area contributed by atoms with Gasteiger partial charge in [-0.1, -0.05) is 32.9 Å². The molecule has 1 aromatic carbocycles. The maximum atomic E-state index is 14.8. The van der Waals surface area contributed by atoms with Gasteiger partial charge in [0, 0.05) is 12.0 Å². The van der Waals surface area contributed by atoms with E-state index in [1.54, 1.807) is 0 Å². The Kier molecular flexibility index (Phi) is 4.97. The first-order chi connectivity index (χ1) is 13.6. The lowest BCUT2D eigenvalue weighted by atomic mass is 9.54. The third-order valence-electron chi connectivity index (χ3n) is 6.40. The van der Waals surface area contributed by atoms with E-state index in [1.807, 2.05) is 18.2 Å². The normalized spacial score (nSPS) is 25.9. The minimum atomic E-state index is -1.91. The number of nitriles is 3. The second-order valence-corrected chi connectivity index (χ2v) is 8.88. The summed E-state index contributed by atoms with van der Waals surface area (Å²) in [6.45, 7) is 6.30. The topological polar surface area (TPSA) is 97.4 Å². The van der Waals surface area contributed by atoms with Crippen molar-refractivity contribution in [3.63, 3.8) is 0 Å². The van der Waals surface area contributed by atoms with Crippen LogP contribution in [0.5, 0.6) is 0 Å². The van der Waals surface area contributed by atoms with Gasteiger partial charge in [0.2, 0.25) is 0 Å². The smallest absolute Gasteiger partial charge is 0.191 e. The third kappa shape index (κ3) is 3.08. The van der Waals surface area contributed by atoms with Gasteiger partial charge >= 0.3 is 0 Å². The minimum absolute atomic E-state index is 0.0601. The number of hydrogen-bond donors (Lipinski definition) is 1. The van der Waals surface area contributed by atoms with E-state index < -0.39 is 28.9 Å². The second-order valence-electron chi connectivity index (χ2n) is 8.88. The minimum Gasteiger partial charge on any atom is -0.399 e. The highest BCUT2D eigenvalue weighted by molar-refractivity contribution is 5.59. The van der Waals surface area contributed by atoms with Gasteiger partial charge in [-0.05, 0) is 47.3 Å². The molecule has 0 saturated heterocycles. The SMILES string of the molecule is CC(C)(C)[C@@H]1CC=C2C(C#N)=C(N)C(C#N)(C#N)[C@@H](c3ccc(F)cc3F)[C@H]2C1. The van der Waals surface area contributed by atoms with Crippen molar-refractivity contribution in [1.29, 1.82) is 15.8 Å². The Hall–Kier alpha value is -3.17. The number of hydrogen-bond acceptors (Lipinski definition) is 4. The number of rotatable bonds is 1. The molecule has 148 valence electrons. The van der Waals surface area contributed by atoms with E-state index in [0.717, 1.165) is 18.6 Å². The van der Waals surface area contributed by atoms with Crippen LogP contribution >= 0.6 is 0 Å². The molecule has 3 atom stereocenters. The molecule has 0 bridgehead atoms. The molecule has 0 fully saturated rings. The lowest BCUT2D eigenvalue weighted by Gasteiger charge is -2.47. The quantitative estimate of drug-likeness (QED) is 0.740. The van der Waals surface area contributed by atoms with E-state index in [9.17, 15) is 24.6 Å². The van der Waals surface area contributed by atoms with Gasteiger partial charge in [0.05, 0.1) is 23.4 Å². The van der Waals surface area contributed by atoms with Gasteiger partial charge < -0.3 is 5.73 Å². The van der Waals surface area contributed by atoms with Crippen LogP contribution in [-0.4, -0.2) is 0 Å². The summed E-state index contributed by atoms with van der Waals surface area (Å²) in [4.78, 5) is 0. The molecule has 3 rings (SSSR count). The van der Waals surface area contributed by atoms with Crippen molar-refractivity contribution in [3.05, 3.63) is 58.3 Å². The zero-order valence-corrected chi connectivity index (χ0v) is 16.6. The van der Waals surface area contributed by atoms with Gasteiger partial charge in [0.15, 0.2) is 5.41 Å². The Labute approximate surface area is 169 Å². The van der Waals surface area contributed by atoms with E-state index in [1.165, 1.54) is 6.07 Å². The molecular weight excluding hydrogens is 370 g/mol. The maximum Gasteiger partial charge on any atom is 0.191 e. The van der Waals surface area contributed by atoms with E-state index in [4.69, 9.17) is 5.73 Å². The molecule has 0 spiro atoms. The van der Waals surface area contributed by atoms with Crippen molar-refractivity contribution >= 4 is 0 Å². The highest BCUT2D eigenvalue weighted by atomic mass is 19.1. The monoisotopic (exact) mass is 392 g/mol. The number of allylic oxidation sites excluding steroid dienone is 4. The van der Waals surface area contributed by atoms with E-state index >= 15 is 0 Å². The number of benzene rings is 1. The fraction of sp³-hybridized carbons (Fsp3) is 0.435. The molecule has 6 heteroatoms. The Balaban J connectivity index is 2.34. The first-order valence-electron chi connectivity index (χ1n) is 9.49. The molecular formula is C23H22F2N4. The fourth-order valence-corrected chi connectivity index (χ4v) is 4.70. The van der Waals surface area contributed by atoms with E-state index in [-0.39, 0.29) is 28.2 Å². The standard InChI is InChI=1S/C23H22F2N4/c1-22(2,3)13-4-6-15-17(8-13)20(16-7-5-14(24)9-19(16)25)23(11-27,12-28)21(29)18(15)10-26/h5-7,9,13,17,20H,4,8,29H2,1-3H3/t13-,17+,20+/m1/s1. The zero-order chi connectivity index (χ0) is 21.6. The molecule has 4 nitrogen and oxygen atoms in total. The lowest BCUT2D eigenvalue weighted by molar-refractivity contribution is 0.169. The molecule has 1 aromatic rings. The molecule has 0 amide bonds. The van der Waals surface area contributed by atoms with Crippen molar-refractivity contribution in [1.82, 2.24) is 0 Å². The number of halogens is 2. The Bertz CT molecular complexity index is 1030. The van der Waals surface area contributed by atoms with Crippen LogP contribution in [0.4, 0.5) is 8.78 Å². The van der Waals surface area contributed by atoms with E-state index in [2.05, 4.69) is 26.8 Å². The van der Waals surface area contributed by atoms with Crippen LogP contribution in [0, 0.1) is 68.3 Å².